The summed E-state index contributed by atoms with van der Waals surface area (Å²) < 4.78 is 4.92. The first-order chi connectivity index (χ1) is 11.0. The van der Waals surface area contributed by atoms with Crippen molar-refractivity contribution in [2.75, 3.05) is 11.5 Å². The van der Waals surface area contributed by atoms with E-state index in [1.807, 2.05) is 0 Å². The van der Waals surface area contributed by atoms with Crippen LogP contribution in [0.4, 0.5) is 5.69 Å². The van der Waals surface area contributed by atoms with Crippen LogP contribution in [-0.2, 0) is 14.3 Å². The first-order valence-electron chi connectivity index (χ1n) is 7.52. The summed E-state index contributed by atoms with van der Waals surface area (Å²) in [6.07, 6.45) is 2.71. The molecule has 1 aliphatic heterocycles. The number of ether oxygens (including phenoxy) is 1. The highest BCUT2D eigenvalue weighted by atomic mass is 35.5. The van der Waals surface area contributed by atoms with E-state index in [0.29, 0.717) is 35.7 Å². The van der Waals surface area contributed by atoms with Crippen molar-refractivity contribution in [3.63, 3.8) is 0 Å². The molecule has 1 aliphatic carbocycles. The molecule has 120 valence electrons. The predicted molar refractivity (Wildman–Crippen MR) is 85.0 cm³/mol. The Labute approximate surface area is 138 Å². The largest absolute Gasteiger partial charge is 0.462 e. The van der Waals surface area contributed by atoms with E-state index in [1.54, 1.807) is 37.3 Å². The molecule has 3 rings (SSSR count). The van der Waals surface area contributed by atoms with Gasteiger partial charge in [-0.05, 0) is 44.0 Å². The topological polar surface area (TPSA) is 63.7 Å². The molecule has 1 fully saturated rings. The third-order valence-corrected chi connectivity index (χ3v) is 4.51. The van der Waals surface area contributed by atoms with E-state index < -0.39 is 5.97 Å². The van der Waals surface area contributed by atoms with Crippen molar-refractivity contribution in [3.8, 4) is 0 Å². The first kappa shape index (κ1) is 15.7. The molecule has 5 nitrogen and oxygen atoms in total. The number of carbonyl (C=O) groups excluding carboxylic acids is 3. The average molecular weight is 334 g/mol. The number of carbonyl (C=O) groups is 3. The Morgan fingerprint density at radius 1 is 1.22 bits per heavy atom. The first-order valence-corrected chi connectivity index (χ1v) is 7.90. The average Bonchev–Trinajstić information content (AvgIpc) is 2.79. The Kier molecular flexibility index (Phi) is 4.22. The zero-order chi connectivity index (χ0) is 16.6. The summed E-state index contributed by atoms with van der Waals surface area (Å²) >= 11 is 6.00. The number of hydrogen-bond donors (Lipinski definition) is 0. The fourth-order valence-electron chi connectivity index (χ4n) is 3.04. The molecule has 2 atom stereocenters. The maximum absolute atomic E-state index is 12.5. The van der Waals surface area contributed by atoms with Gasteiger partial charge in [-0.15, -0.1) is 0 Å². The zero-order valence-electron chi connectivity index (χ0n) is 12.6. The summed E-state index contributed by atoms with van der Waals surface area (Å²) in [7, 11) is 0. The molecular formula is C17H16ClNO4. The SMILES string of the molecule is CCOC(=O)c1ccc(N2C(=O)[C@@H]3CC=C(Cl)C[C@H]3C2=O)cc1. The predicted octanol–water partition coefficient (Wildman–Crippen LogP) is 2.89. The number of amides is 2. The van der Waals surface area contributed by atoms with Gasteiger partial charge in [-0.25, -0.2) is 4.79 Å². The Hall–Kier alpha value is -2.14. The minimum Gasteiger partial charge on any atom is -0.462 e. The Morgan fingerprint density at radius 2 is 1.87 bits per heavy atom. The number of allylic oxidation sites excluding steroid dienone is 2. The van der Waals surface area contributed by atoms with Crippen LogP contribution in [0.2, 0.25) is 0 Å². The number of imide groups is 1. The number of halogens is 1. The molecule has 1 aromatic rings. The van der Waals surface area contributed by atoms with Crippen molar-refractivity contribution in [1.82, 2.24) is 0 Å². The third kappa shape index (κ3) is 2.77. The van der Waals surface area contributed by atoms with Gasteiger partial charge in [0, 0.05) is 5.03 Å². The van der Waals surface area contributed by atoms with Gasteiger partial charge < -0.3 is 4.74 Å². The second-order valence-electron chi connectivity index (χ2n) is 5.58. The standard InChI is InChI=1S/C17H16ClNO4/c1-2-23-17(22)10-3-6-12(7-4-10)19-15(20)13-8-5-11(18)9-14(13)16(19)21/h3-7,13-14H,2,8-9H2,1H3/t13-,14-/m1/s1. The lowest BCUT2D eigenvalue weighted by molar-refractivity contribution is -0.122. The van der Waals surface area contributed by atoms with Crippen LogP contribution in [0, 0.1) is 11.8 Å². The maximum atomic E-state index is 12.5. The minimum absolute atomic E-state index is 0.204. The monoisotopic (exact) mass is 333 g/mol. The molecule has 0 saturated carbocycles. The van der Waals surface area contributed by atoms with Crippen LogP contribution < -0.4 is 4.90 Å². The van der Waals surface area contributed by atoms with Crippen LogP contribution in [0.1, 0.15) is 30.1 Å². The van der Waals surface area contributed by atoms with Crippen LogP contribution in [-0.4, -0.2) is 24.4 Å². The van der Waals surface area contributed by atoms with Gasteiger partial charge >= 0.3 is 5.97 Å². The molecule has 1 heterocycles. The highest BCUT2D eigenvalue weighted by Crippen LogP contribution is 2.40. The molecule has 2 amide bonds. The van der Waals surface area contributed by atoms with Crippen LogP contribution in [0.5, 0.6) is 0 Å². The third-order valence-electron chi connectivity index (χ3n) is 4.21. The maximum Gasteiger partial charge on any atom is 0.338 e. The fourth-order valence-corrected chi connectivity index (χ4v) is 3.30. The van der Waals surface area contributed by atoms with Crippen LogP contribution in [0.3, 0.4) is 0 Å². The van der Waals surface area contributed by atoms with Crippen molar-refractivity contribution < 1.29 is 19.1 Å². The molecule has 0 radical (unpaired) electrons. The quantitative estimate of drug-likeness (QED) is 0.630. The van der Waals surface area contributed by atoms with E-state index in [1.165, 1.54) is 4.90 Å². The normalized spacial score (nSPS) is 23.6. The second kappa shape index (κ2) is 6.16. The number of hydrogen-bond acceptors (Lipinski definition) is 4. The smallest absolute Gasteiger partial charge is 0.338 e. The van der Waals surface area contributed by atoms with Gasteiger partial charge in [0.15, 0.2) is 0 Å². The molecule has 1 aromatic carbocycles. The van der Waals surface area contributed by atoms with Gasteiger partial charge in [-0.2, -0.15) is 0 Å². The molecular weight excluding hydrogens is 318 g/mol. The molecule has 0 bridgehead atoms. The lowest BCUT2D eigenvalue weighted by Crippen LogP contribution is -2.30. The van der Waals surface area contributed by atoms with Gasteiger partial charge in [0.05, 0.1) is 29.7 Å². The number of fused-ring (bicyclic) bond motifs is 1. The zero-order valence-corrected chi connectivity index (χ0v) is 13.4. The lowest BCUT2D eigenvalue weighted by atomic mass is 9.85. The van der Waals surface area contributed by atoms with Gasteiger partial charge in [-0.3, -0.25) is 14.5 Å². The second-order valence-corrected chi connectivity index (χ2v) is 6.07. The molecule has 0 unspecified atom stereocenters. The Balaban J connectivity index is 1.84. The van der Waals surface area contributed by atoms with Crippen LogP contribution in [0.25, 0.3) is 0 Å². The van der Waals surface area contributed by atoms with Crippen LogP contribution in [0.15, 0.2) is 35.4 Å². The highest BCUT2D eigenvalue weighted by molar-refractivity contribution is 6.30. The van der Waals surface area contributed by atoms with E-state index in [4.69, 9.17) is 16.3 Å². The molecule has 0 aromatic heterocycles. The number of anilines is 1. The minimum atomic E-state index is -0.428. The summed E-state index contributed by atoms with van der Waals surface area (Å²) in [5, 5.41) is 0.631. The number of nitrogens with zero attached hydrogens (tertiary/aromatic N) is 1. The summed E-state index contributed by atoms with van der Waals surface area (Å²) in [4.78, 5) is 37.9. The molecule has 2 aliphatic rings. The summed E-state index contributed by atoms with van der Waals surface area (Å²) in [6.45, 7) is 2.02. The number of rotatable bonds is 3. The molecule has 0 spiro atoms. The van der Waals surface area contributed by atoms with E-state index in [-0.39, 0.29) is 23.7 Å². The summed E-state index contributed by atoms with van der Waals surface area (Å²) in [5.41, 5.74) is 0.857. The number of benzene rings is 1. The van der Waals surface area contributed by atoms with Gasteiger partial charge in [-0.1, -0.05) is 17.7 Å². The van der Waals surface area contributed by atoms with E-state index >= 15 is 0 Å². The molecule has 0 N–H and O–H groups in total. The van der Waals surface area contributed by atoms with E-state index in [9.17, 15) is 14.4 Å². The van der Waals surface area contributed by atoms with Crippen LogP contribution >= 0.6 is 11.6 Å². The van der Waals surface area contributed by atoms with Gasteiger partial charge in [0.25, 0.3) is 0 Å². The van der Waals surface area contributed by atoms with Crippen molar-refractivity contribution >= 4 is 35.1 Å². The summed E-state index contributed by atoms with van der Waals surface area (Å²) in [6, 6.07) is 6.30. The Bertz CT molecular complexity index is 695. The molecule has 23 heavy (non-hydrogen) atoms. The Morgan fingerprint density at radius 3 is 2.52 bits per heavy atom. The molecule has 1 saturated heterocycles. The summed E-state index contributed by atoms with van der Waals surface area (Å²) in [5.74, 6) is -1.58. The van der Waals surface area contributed by atoms with Crippen molar-refractivity contribution in [2.45, 2.75) is 19.8 Å². The van der Waals surface area contributed by atoms with E-state index in [0.717, 1.165) is 0 Å². The molecule has 6 heteroatoms. The fraction of sp³-hybridized carbons (Fsp3) is 0.353. The lowest BCUT2D eigenvalue weighted by Gasteiger charge is -2.17. The van der Waals surface area contributed by atoms with Crippen molar-refractivity contribution in [3.05, 3.63) is 40.9 Å². The van der Waals surface area contributed by atoms with Gasteiger partial charge in [0.2, 0.25) is 11.8 Å². The van der Waals surface area contributed by atoms with E-state index in [2.05, 4.69) is 0 Å². The van der Waals surface area contributed by atoms with Crippen molar-refractivity contribution in [2.24, 2.45) is 11.8 Å². The number of esters is 1. The van der Waals surface area contributed by atoms with Gasteiger partial charge in [0.1, 0.15) is 0 Å². The highest BCUT2D eigenvalue weighted by Gasteiger charge is 2.48. The van der Waals surface area contributed by atoms with Crippen molar-refractivity contribution in [1.29, 1.82) is 0 Å².